The van der Waals surface area contributed by atoms with Crippen molar-refractivity contribution in [3.8, 4) is 0 Å². The Hall–Kier alpha value is -0.250. The van der Waals surface area contributed by atoms with Crippen molar-refractivity contribution in [2.45, 2.75) is 0 Å². The Morgan fingerprint density at radius 3 is 1.87 bits per heavy atom. The fourth-order valence-corrected chi connectivity index (χ4v) is 1.27. The van der Waals surface area contributed by atoms with Crippen LogP contribution < -0.4 is 5.32 Å². The lowest BCUT2D eigenvalue weighted by molar-refractivity contribution is 0.00684. The summed E-state index contributed by atoms with van der Waals surface area (Å²) in [4.78, 5) is 0. The lowest BCUT2D eigenvalue weighted by Crippen LogP contribution is -2.44. The van der Waals surface area contributed by atoms with Gasteiger partial charge in [-0.2, -0.15) is 8.42 Å². The van der Waals surface area contributed by atoms with Crippen molar-refractivity contribution in [3.05, 3.63) is 0 Å². The van der Waals surface area contributed by atoms with Crippen molar-refractivity contribution in [2.75, 3.05) is 38.7 Å². The molecule has 0 unspecified atom stereocenters. The highest BCUT2D eigenvalue weighted by atomic mass is 32.2. The first-order chi connectivity index (χ1) is 6.89. The maximum absolute atomic E-state index is 10.3. The first-order valence-corrected chi connectivity index (χ1v) is 5.98. The van der Waals surface area contributed by atoms with Crippen LogP contribution in [0.3, 0.4) is 0 Å². The maximum atomic E-state index is 10.3. The highest BCUT2D eigenvalue weighted by Gasteiger charge is 2.27. The summed E-state index contributed by atoms with van der Waals surface area (Å²) >= 11 is 0. The van der Waals surface area contributed by atoms with E-state index < -0.39 is 41.1 Å². The van der Waals surface area contributed by atoms with E-state index in [4.69, 9.17) is 19.9 Å². The molecule has 5 N–H and O–H groups in total. The lowest BCUT2D eigenvalue weighted by Gasteiger charge is -2.27. The summed E-state index contributed by atoms with van der Waals surface area (Å²) in [5.74, 6) is -0.453. The minimum absolute atomic E-state index is 0.0133. The Labute approximate surface area is 88.5 Å². The third-order valence-electron chi connectivity index (χ3n) is 2.04. The van der Waals surface area contributed by atoms with Gasteiger partial charge < -0.3 is 20.6 Å². The summed E-state index contributed by atoms with van der Waals surface area (Å²) in [6.45, 7) is -1.21. The topological polar surface area (TPSA) is 127 Å². The molecule has 0 saturated heterocycles. The summed E-state index contributed by atoms with van der Waals surface area (Å²) in [7, 11) is -4.01. The zero-order valence-electron chi connectivity index (χ0n) is 8.26. The minimum Gasteiger partial charge on any atom is -0.396 e. The highest BCUT2D eigenvalue weighted by Crippen LogP contribution is 2.12. The minimum atomic E-state index is -4.01. The van der Waals surface area contributed by atoms with E-state index in [-0.39, 0.29) is 13.1 Å². The summed E-state index contributed by atoms with van der Waals surface area (Å²) in [6, 6.07) is 0. The Morgan fingerprint density at radius 2 is 1.53 bits per heavy atom. The second kappa shape index (κ2) is 6.36. The number of nitrogens with one attached hydrogen (secondary N) is 1. The monoisotopic (exact) mass is 243 g/mol. The van der Waals surface area contributed by atoms with Gasteiger partial charge in [0.15, 0.2) is 0 Å². The average molecular weight is 243 g/mol. The molecule has 92 valence electrons. The molecule has 7 nitrogen and oxygen atoms in total. The van der Waals surface area contributed by atoms with Gasteiger partial charge in [0.2, 0.25) is 0 Å². The predicted molar refractivity (Wildman–Crippen MR) is 53.0 cm³/mol. The van der Waals surface area contributed by atoms with Crippen molar-refractivity contribution in [1.82, 2.24) is 5.32 Å². The lowest BCUT2D eigenvalue weighted by atomic mass is 9.91. The predicted octanol–water partition coefficient (Wildman–Crippen LogP) is -2.57. The van der Waals surface area contributed by atoms with E-state index in [1.54, 1.807) is 0 Å². The van der Waals surface area contributed by atoms with Crippen LogP contribution in [0.5, 0.6) is 0 Å². The molecule has 0 aromatic rings. The molecule has 0 amide bonds. The second-order valence-electron chi connectivity index (χ2n) is 3.44. The quantitative estimate of drug-likeness (QED) is 0.234. The number of hydrogen-bond acceptors (Lipinski definition) is 6. The second-order valence-corrected chi connectivity index (χ2v) is 5.01. The van der Waals surface area contributed by atoms with Crippen molar-refractivity contribution in [2.24, 2.45) is 5.41 Å². The smallest absolute Gasteiger partial charge is 0.266 e. The average Bonchev–Trinajstić information content (AvgIpc) is 2.18. The van der Waals surface area contributed by atoms with Gasteiger partial charge in [0.1, 0.15) is 0 Å². The third-order valence-corrected chi connectivity index (χ3v) is 2.76. The summed E-state index contributed by atoms with van der Waals surface area (Å²) in [5, 5.41) is 29.3. The van der Waals surface area contributed by atoms with Crippen molar-refractivity contribution in [1.29, 1.82) is 0 Å². The Bertz CT molecular complexity index is 252. The molecule has 0 heterocycles. The van der Waals surface area contributed by atoms with E-state index in [9.17, 15) is 8.42 Å². The molecule has 0 rings (SSSR count). The fourth-order valence-electron chi connectivity index (χ4n) is 0.872. The summed E-state index contributed by atoms with van der Waals surface area (Å²) in [6.07, 6.45) is 0. The molecule has 0 bridgehead atoms. The van der Waals surface area contributed by atoms with Crippen LogP contribution in [0.25, 0.3) is 0 Å². The van der Waals surface area contributed by atoms with Crippen LogP contribution in [0.2, 0.25) is 0 Å². The molecule has 0 aliphatic rings. The number of rotatable bonds is 8. The van der Waals surface area contributed by atoms with E-state index in [1.165, 1.54) is 0 Å². The Kier molecular flexibility index (Phi) is 6.25. The van der Waals surface area contributed by atoms with Gasteiger partial charge in [-0.25, -0.2) is 0 Å². The van der Waals surface area contributed by atoms with Crippen LogP contribution in [0.4, 0.5) is 0 Å². The van der Waals surface area contributed by atoms with E-state index >= 15 is 0 Å². The van der Waals surface area contributed by atoms with Crippen LogP contribution in [0, 0.1) is 5.41 Å². The maximum Gasteiger partial charge on any atom is 0.266 e. The Morgan fingerprint density at radius 1 is 1.07 bits per heavy atom. The van der Waals surface area contributed by atoms with Crippen LogP contribution in [0.1, 0.15) is 0 Å². The molecule has 0 aromatic carbocycles. The largest absolute Gasteiger partial charge is 0.396 e. The number of aliphatic hydroxyl groups excluding tert-OH is 3. The van der Waals surface area contributed by atoms with Gasteiger partial charge in [-0.1, -0.05) is 0 Å². The first kappa shape index (κ1) is 14.8. The number of hydrogen-bond donors (Lipinski definition) is 5. The third kappa shape index (κ3) is 6.03. The van der Waals surface area contributed by atoms with E-state index in [0.29, 0.717) is 0 Å². The molecule has 8 heteroatoms. The molecule has 0 saturated carbocycles. The van der Waals surface area contributed by atoms with Gasteiger partial charge in [-0.15, -0.1) is 0 Å². The first-order valence-electron chi connectivity index (χ1n) is 4.37. The van der Waals surface area contributed by atoms with Gasteiger partial charge in [-0.05, 0) is 0 Å². The molecule has 15 heavy (non-hydrogen) atoms. The zero-order valence-corrected chi connectivity index (χ0v) is 9.07. The SMILES string of the molecule is O=S(=O)(O)CCNCC(CO)(CO)CO. The van der Waals surface area contributed by atoms with Crippen LogP contribution in [0.15, 0.2) is 0 Å². The zero-order chi connectivity index (χ0) is 11.9. The van der Waals surface area contributed by atoms with Gasteiger partial charge in [-0.3, -0.25) is 4.55 Å². The standard InChI is InChI=1S/C7H17NO6S/c9-4-7(5-10,6-11)3-8-1-2-15(12,13)14/h8-11H,1-6H2,(H,12,13,14). The fraction of sp³-hybridized carbons (Fsp3) is 1.00. The van der Waals surface area contributed by atoms with Gasteiger partial charge in [0, 0.05) is 13.1 Å². The number of aliphatic hydroxyl groups is 3. The van der Waals surface area contributed by atoms with E-state index in [0.717, 1.165) is 0 Å². The molecule has 0 aliphatic carbocycles. The molecular formula is C7H17NO6S. The highest BCUT2D eigenvalue weighted by molar-refractivity contribution is 7.85. The molecule has 0 radical (unpaired) electrons. The molecule has 0 aromatic heterocycles. The normalized spacial score (nSPS) is 13.1. The summed E-state index contributed by atoms with van der Waals surface area (Å²) < 4.78 is 29.1. The van der Waals surface area contributed by atoms with Crippen LogP contribution in [-0.4, -0.2) is 67.0 Å². The van der Waals surface area contributed by atoms with Crippen molar-refractivity contribution < 1.29 is 28.3 Å². The van der Waals surface area contributed by atoms with Crippen LogP contribution >= 0.6 is 0 Å². The summed E-state index contributed by atoms with van der Waals surface area (Å²) in [5.41, 5.74) is -1.07. The Balaban J connectivity index is 3.92. The molecule has 0 atom stereocenters. The van der Waals surface area contributed by atoms with Crippen molar-refractivity contribution in [3.63, 3.8) is 0 Å². The van der Waals surface area contributed by atoms with E-state index in [1.807, 2.05) is 0 Å². The molecule has 0 spiro atoms. The molecular weight excluding hydrogens is 226 g/mol. The van der Waals surface area contributed by atoms with E-state index in [2.05, 4.69) is 5.32 Å². The van der Waals surface area contributed by atoms with Gasteiger partial charge in [0.25, 0.3) is 10.1 Å². The van der Waals surface area contributed by atoms with Crippen LogP contribution in [-0.2, 0) is 10.1 Å². The molecule has 0 fully saturated rings. The van der Waals surface area contributed by atoms with Gasteiger partial charge in [0.05, 0.1) is 31.0 Å². The van der Waals surface area contributed by atoms with Crippen molar-refractivity contribution >= 4 is 10.1 Å². The molecule has 0 aliphatic heterocycles. The van der Waals surface area contributed by atoms with Gasteiger partial charge >= 0.3 is 0 Å².